The lowest BCUT2D eigenvalue weighted by molar-refractivity contribution is 0.403. The molecule has 4 nitrogen and oxygen atoms in total. The minimum atomic E-state index is -0.215. The standard InChI is InChI=1S/C25H27FN4/c1-18-25-23(15-21(28-18)16-27-13-6-14-29(2)3)22-7-4-5-8-24(22)30(25)17-19-9-11-20(26)12-10-19/h4-5,7-12,15-16H,6,13-14,17H2,1-3H3. The molecule has 0 fully saturated rings. The van der Waals surface area contributed by atoms with Crippen molar-refractivity contribution in [2.75, 3.05) is 27.2 Å². The third-order valence-electron chi connectivity index (χ3n) is 5.31. The molecule has 0 unspecified atom stereocenters. The number of aliphatic imine (C=N–C) groups is 1. The smallest absolute Gasteiger partial charge is 0.123 e. The molecule has 0 saturated heterocycles. The van der Waals surface area contributed by atoms with Crippen LogP contribution in [0.5, 0.6) is 0 Å². The molecule has 0 amide bonds. The van der Waals surface area contributed by atoms with Crippen LogP contribution in [0.15, 0.2) is 59.6 Å². The summed E-state index contributed by atoms with van der Waals surface area (Å²) in [7, 11) is 4.15. The third kappa shape index (κ3) is 4.26. The third-order valence-corrected chi connectivity index (χ3v) is 5.31. The summed E-state index contributed by atoms with van der Waals surface area (Å²) in [4.78, 5) is 11.5. The predicted octanol–water partition coefficient (Wildman–Crippen LogP) is 5.06. The summed E-state index contributed by atoms with van der Waals surface area (Å²) in [6, 6.07) is 17.2. The van der Waals surface area contributed by atoms with Gasteiger partial charge in [-0.1, -0.05) is 30.3 Å². The number of aryl methyl sites for hydroxylation is 1. The fourth-order valence-electron chi connectivity index (χ4n) is 3.93. The van der Waals surface area contributed by atoms with Crippen LogP contribution in [0.1, 0.15) is 23.4 Å². The zero-order chi connectivity index (χ0) is 21.1. The fourth-order valence-corrected chi connectivity index (χ4v) is 3.93. The Bertz CT molecular complexity index is 1190. The second-order valence-corrected chi connectivity index (χ2v) is 7.95. The minimum absolute atomic E-state index is 0.215. The second kappa shape index (κ2) is 8.76. The average Bonchev–Trinajstić information content (AvgIpc) is 3.03. The number of fused-ring (bicyclic) bond motifs is 3. The minimum Gasteiger partial charge on any atom is -0.334 e. The van der Waals surface area contributed by atoms with Gasteiger partial charge >= 0.3 is 0 Å². The van der Waals surface area contributed by atoms with E-state index >= 15 is 0 Å². The van der Waals surface area contributed by atoms with Crippen LogP contribution in [0.2, 0.25) is 0 Å². The van der Waals surface area contributed by atoms with E-state index in [1.165, 1.54) is 22.9 Å². The van der Waals surface area contributed by atoms with Crippen LogP contribution in [0, 0.1) is 12.7 Å². The lowest BCUT2D eigenvalue weighted by atomic mass is 10.1. The van der Waals surface area contributed by atoms with Gasteiger partial charge in [-0.2, -0.15) is 0 Å². The van der Waals surface area contributed by atoms with Gasteiger partial charge in [0.05, 0.1) is 16.9 Å². The summed E-state index contributed by atoms with van der Waals surface area (Å²) in [6.07, 6.45) is 2.91. The van der Waals surface area contributed by atoms with Crippen molar-refractivity contribution in [2.24, 2.45) is 4.99 Å². The molecule has 0 bridgehead atoms. The Labute approximate surface area is 176 Å². The van der Waals surface area contributed by atoms with Gasteiger partial charge in [0.2, 0.25) is 0 Å². The van der Waals surface area contributed by atoms with Gasteiger partial charge in [0, 0.05) is 35.6 Å². The molecule has 2 aromatic heterocycles. The second-order valence-electron chi connectivity index (χ2n) is 7.95. The number of halogens is 1. The number of hydrogen-bond donors (Lipinski definition) is 0. The van der Waals surface area contributed by atoms with Gasteiger partial charge in [0.15, 0.2) is 0 Å². The summed E-state index contributed by atoms with van der Waals surface area (Å²) < 4.78 is 15.6. The van der Waals surface area contributed by atoms with Crippen molar-refractivity contribution in [3.8, 4) is 0 Å². The van der Waals surface area contributed by atoms with E-state index in [4.69, 9.17) is 4.98 Å². The van der Waals surface area contributed by atoms with E-state index in [-0.39, 0.29) is 5.82 Å². The molecule has 2 aromatic carbocycles. The van der Waals surface area contributed by atoms with Crippen LogP contribution in [-0.4, -0.2) is 47.9 Å². The first-order valence-corrected chi connectivity index (χ1v) is 10.3. The van der Waals surface area contributed by atoms with Crippen molar-refractivity contribution in [1.29, 1.82) is 0 Å². The van der Waals surface area contributed by atoms with Crippen molar-refractivity contribution >= 4 is 28.0 Å². The molecule has 0 spiro atoms. The lowest BCUT2D eigenvalue weighted by Crippen LogP contribution is -2.13. The van der Waals surface area contributed by atoms with Crippen molar-refractivity contribution in [3.63, 3.8) is 0 Å². The molecule has 0 aliphatic heterocycles. The number of rotatable bonds is 7. The molecule has 0 atom stereocenters. The SMILES string of the molecule is Cc1nc(C=NCCCN(C)C)cc2c3ccccc3n(Cc3ccc(F)cc3)c12. The van der Waals surface area contributed by atoms with Crippen LogP contribution in [-0.2, 0) is 6.54 Å². The topological polar surface area (TPSA) is 33.4 Å². The monoisotopic (exact) mass is 402 g/mol. The Kier molecular flexibility index (Phi) is 5.91. The highest BCUT2D eigenvalue weighted by molar-refractivity contribution is 6.09. The van der Waals surface area contributed by atoms with Crippen molar-refractivity contribution < 1.29 is 4.39 Å². The molecule has 0 radical (unpaired) electrons. The Morgan fingerprint density at radius 2 is 1.83 bits per heavy atom. The van der Waals surface area contributed by atoms with E-state index in [0.717, 1.165) is 47.5 Å². The Balaban J connectivity index is 1.73. The maximum Gasteiger partial charge on any atom is 0.123 e. The van der Waals surface area contributed by atoms with Crippen LogP contribution < -0.4 is 0 Å². The molecular weight excluding hydrogens is 375 g/mol. The van der Waals surface area contributed by atoms with Gasteiger partial charge in [-0.05, 0) is 63.8 Å². The van der Waals surface area contributed by atoms with E-state index in [2.05, 4.69) is 58.9 Å². The largest absolute Gasteiger partial charge is 0.334 e. The number of aromatic nitrogens is 2. The molecule has 2 heterocycles. The fraction of sp³-hybridized carbons (Fsp3) is 0.280. The van der Waals surface area contributed by atoms with Crippen molar-refractivity contribution in [2.45, 2.75) is 19.9 Å². The van der Waals surface area contributed by atoms with Crippen LogP contribution in [0.4, 0.5) is 4.39 Å². The van der Waals surface area contributed by atoms with E-state index in [1.807, 2.05) is 25.3 Å². The molecule has 4 rings (SSSR count). The average molecular weight is 403 g/mol. The molecule has 0 aliphatic rings. The molecule has 0 N–H and O–H groups in total. The zero-order valence-corrected chi connectivity index (χ0v) is 17.8. The number of nitrogens with zero attached hydrogens (tertiary/aromatic N) is 4. The molecular formula is C25H27FN4. The van der Waals surface area contributed by atoms with E-state index in [9.17, 15) is 4.39 Å². The first-order valence-electron chi connectivity index (χ1n) is 10.3. The molecule has 0 aliphatic carbocycles. The first-order chi connectivity index (χ1) is 14.5. The summed E-state index contributed by atoms with van der Waals surface area (Å²) in [6.45, 7) is 4.54. The maximum absolute atomic E-state index is 13.3. The summed E-state index contributed by atoms with van der Waals surface area (Å²) in [5.74, 6) is -0.215. The van der Waals surface area contributed by atoms with E-state index < -0.39 is 0 Å². The highest BCUT2D eigenvalue weighted by Gasteiger charge is 2.14. The molecule has 30 heavy (non-hydrogen) atoms. The van der Waals surface area contributed by atoms with Crippen LogP contribution in [0.25, 0.3) is 21.8 Å². The van der Waals surface area contributed by atoms with Crippen LogP contribution in [0.3, 0.4) is 0 Å². The van der Waals surface area contributed by atoms with Gasteiger partial charge in [0.1, 0.15) is 5.82 Å². The predicted molar refractivity (Wildman–Crippen MR) is 123 cm³/mol. The number of para-hydroxylation sites is 1. The Morgan fingerprint density at radius 3 is 2.60 bits per heavy atom. The van der Waals surface area contributed by atoms with Gasteiger partial charge in [-0.3, -0.25) is 4.99 Å². The quantitative estimate of drug-likeness (QED) is 0.320. The normalized spacial score (nSPS) is 12.0. The van der Waals surface area contributed by atoms with E-state index in [1.54, 1.807) is 0 Å². The Morgan fingerprint density at radius 1 is 1.07 bits per heavy atom. The summed E-state index contributed by atoms with van der Waals surface area (Å²) in [5, 5.41) is 2.37. The molecule has 0 saturated carbocycles. The molecule has 154 valence electrons. The van der Waals surface area contributed by atoms with Gasteiger partial charge in [-0.15, -0.1) is 0 Å². The summed E-state index contributed by atoms with van der Waals surface area (Å²) >= 11 is 0. The van der Waals surface area contributed by atoms with Gasteiger partial charge < -0.3 is 9.47 Å². The zero-order valence-electron chi connectivity index (χ0n) is 17.8. The van der Waals surface area contributed by atoms with E-state index in [0.29, 0.717) is 6.54 Å². The Hall–Kier alpha value is -3.05. The lowest BCUT2D eigenvalue weighted by Gasteiger charge is -2.10. The number of hydrogen-bond acceptors (Lipinski definition) is 3. The number of benzene rings is 2. The van der Waals surface area contributed by atoms with Gasteiger partial charge in [0.25, 0.3) is 0 Å². The molecule has 4 aromatic rings. The number of pyridine rings is 1. The summed E-state index contributed by atoms with van der Waals surface area (Å²) in [5.41, 5.74) is 5.19. The van der Waals surface area contributed by atoms with Gasteiger partial charge in [-0.25, -0.2) is 9.37 Å². The highest BCUT2D eigenvalue weighted by Crippen LogP contribution is 2.31. The van der Waals surface area contributed by atoms with Crippen molar-refractivity contribution in [3.05, 3.63) is 77.4 Å². The highest BCUT2D eigenvalue weighted by atomic mass is 19.1. The van der Waals surface area contributed by atoms with Crippen molar-refractivity contribution in [1.82, 2.24) is 14.5 Å². The molecule has 5 heteroatoms. The van der Waals surface area contributed by atoms with Crippen LogP contribution >= 0.6 is 0 Å². The maximum atomic E-state index is 13.3. The first kappa shape index (κ1) is 20.2.